The molecule has 168 valence electrons. The van der Waals surface area contributed by atoms with E-state index >= 15 is 0 Å². The van der Waals surface area contributed by atoms with E-state index in [-0.39, 0.29) is 17.6 Å². The van der Waals surface area contributed by atoms with E-state index in [0.717, 1.165) is 11.3 Å². The van der Waals surface area contributed by atoms with Gasteiger partial charge in [-0.3, -0.25) is 14.5 Å². The zero-order chi connectivity index (χ0) is 23.4. The number of benzene rings is 2. The van der Waals surface area contributed by atoms with Gasteiger partial charge in [-0.15, -0.1) is 0 Å². The van der Waals surface area contributed by atoms with Crippen LogP contribution in [0.2, 0.25) is 5.02 Å². The molecule has 0 fully saturated rings. The van der Waals surface area contributed by atoms with Crippen LogP contribution in [0.25, 0.3) is 10.9 Å². The third-order valence-electron chi connectivity index (χ3n) is 5.17. The molecule has 3 rings (SSSR count). The van der Waals surface area contributed by atoms with Crippen molar-refractivity contribution in [2.45, 2.75) is 33.4 Å². The van der Waals surface area contributed by atoms with Crippen molar-refractivity contribution in [1.82, 2.24) is 14.9 Å². The standard InChI is InChI=1S/C23H25ClN4O4/c1-13(14(2)29)28(4)11-16-6-7-17(24)8-19(16)27-23-18-9-22(32-15(3)30)21(31-5)10-20(18)25-12-26-23/h6-10,12-13H,11H2,1-5H3,(H,25,26,27). The molecule has 8 nitrogen and oxygen atoms in total. The highest BCUT2D eigenvalue weighted by Crippen LogP contribution is 2.35. The number of Topliss-reactive ketones (excluding diaryl/α,β-unsaturated/α-hetero) is 1. The minimum Gasteiger partial charge on any atom is -0.493 e. The first-order valence-corrected chi connectivity index (χ1v) is 10.3. The molecule has 1 N–H and O–H groups in total. The first-order valence-electron chi connectivity index (χ1n) is 9.97. The third-order valence-corrected chi connectivity index (χ3v) is 5.40. The Kier molecular flexibility index (Phi) is 7.27. The van der Waals surface area contributed by atoms with E-state index in [0.29, 0.717) is 34.0 Å². The molecule has 0 aliphatic rings. The summed E-state index contributed by atoms with van der Waals surface area (Å²) < 4.78 is 10.6. The molecule has 1 atom stereocenters. The highest BCUT2D eigenvalue weighted by Gasteiger charge is 2.17. The zero-order valence-electron chi connectivity index (χ0n) is 18.6. The minimum atomic E-state index is -0.464. The second kappa shape index (κ2) is 9.93. The van der Waals surface area contributed by atoms with Gasteiger partial charge < -0.3 is 14.8 Å². The van der Waals surface area contributed by atoms with Crippen LogP contribution in [0.3, 0.4) is 0 Å². The smallest absolute Gasteiger partial charge is 0.308 e. The van der Waals surface area contributed by atoms with Gasteiger partial charge in [0, 0.05) is 35.6 Å². The van der Waals surface area contributed by atoms with Crippen LogP contribution in [-0.4, -0.2) is 46.8 Å². The van der Waals surface area contributed by atoms with Crippen molar-refractivity contribution in [3.63, 3.8) is 0 Å². The molecule has 2 aromatic carbocycles. The second-order valence-corrected chi connectivity index (χ2v) is 7.90. The summed E-state index contributed by atoms with van der Waals surface area (Å²) in [6.45, 7) is 5.29. The SMILES string of the molecule is COc1cc2ncnc(Nc3cc(Cl)ccc3CN(C)C(C)C(C)=O)c2cc1OC(C)=O. The first-order chi connectivity index (χ1) is 15.2. The lowest BCUT2D eigenvalue weighted by molar-refractivity contribution is -0.132. The molecular formula is C23H25ClN4O4. The van der Waals surface area contributed by atoms with Gasteiger partial charge in [0.15, 0.2) is 11.5 Å². The summed E-state index contributed by atoms with van der Waals surface area (Å²) in [5.41, 5.74) is 2.29. The molecule has 0 saturated carbocycles. The summed E-state index contributed by atoms with van der Waals surface area (Å²) in [5, 5.41) is 4.51. The number of carbonyl (C=O) groups excluding carboxylic acids is 2. The summed E-state index contributed by atoms with van der Waals surface area (Å²) in [7, 11) is 3.38. The normalized spacial score (nSPS) is 12.0. The third kappa shape index (κ3) is 5.33. The molecule has 0 aliphatic heterocycles. The van der Waals surface area contributed by atoms with Gasteiger partial charge in [-0.05, 0) is 44.7 Å². The number of rotatable bonds is 8. The van der Waals surface area contributed by atoms with E-state index in [1.165, 1.54) is 20.4 Å². The molecule has 0 spiro atoms. The predicted octanol–water partition coefficient (Wildman–Crippen LogP) is 4.37. The summed E-state index contributed by atoms with van der Waals surface area (Å²) in [5.74, 6) is 0.794. The molecule has 0 bridgehead atoms. The average Bonchev–Trinajstić information content (AvgIpc) is 2.74. The van der Waals surface area contributed by atoms with Crippen LogP contribution in [0.1, 0.15) is 26.3 Å². The lowest BCUT2D eigenvalue weighted by Gasteiger charge is -2.24. The van der Waals surface area contributed by atoms with Gasteiger partial charge in [-0.2, -0.15) is 0 Å². The van der Waals surface area contributed by atoms with Gasteiger partial charge in [0.05, 0.1) is 18.7 Å². The van der Waals surface area contributed by atoms with E-state index < -0.39 is 5.97 Å². The molecule has 0 radical (unpaired) electrons. The van der Waals surface area contributed by atoms with Gasteiger partial charge >= 0.3 is 5.97 Å². The number of hydrogen-bond donors (Lipinski definition) is 1. The topological polar surface area (TPSA) is 93.7 Å². The van der Waals surface area contributed by atoms with Crippen LogP contribution in [0.4, 0.5) is 11.5 Å². The monoisotopic (exact) mass is 456 g/mol. The molecule has 9 heteroatoms. The number of halogens is 1. The number of hydrogen-bond acceptors (Lipinski definition) is 8. The van der Waals surface area contributed by atoms with Gasteiger partial charge in [-0.25, -0.2) is 9.97 Å². The van der Waals surface area contributed by atoms with E-state index in [2.05, 4.69) is 15.3 Å². The zero-order valence-corrected chi connectivity index (χ0v) is 19.4. The fraction of sp³-hybridized carbons (Fsp3) is 0.304. The number of likely N-dealkylation sites (N-methyl/N-ethyl adjacent to an activating group) is 1. The Morgan fingerprint density at radius 1 is 1.16 bits per heavy atom. The van der Waals surface area contributed by atoms with Crippen molar-refractivity contribution in [3.05, 3.63) is 47.2 Å². The number of carbonyl (C=O) groups is 2. The summed E-state index contributed by atoms with van der Waals surface area (Å²) >= 11 is 6.26. The summed E-state index contributed by atoms with van der Waals surface area (Å²) in [6, 6.07) is 8.62. The van der Waals surface area contributed by atoms with Crippen molar-refractivity contribution in [2.75, 3.05) is 19.5 Å². The molecule has 0 saturated heterocycles. The highest BCUT2D eigenvalue weighted by molar-refractivity contribution is 6.30. The van der Waals surface area contributed by atoms with Crippen LogP contribution in [0, 0.1) is 0 Å². The lowest BCUT2D eigenvalue weighted by atomic mass is 10.1. The van der Waals surface area contributed by atoms with Crippen molar-refractivity contribution in [3.8, 4) is 11.5 Å². The van der Waals surface area contributed by atoms with Crippen molar-refractivity contribution < 1.29 is 19.1 Å². The Hall–Kier alpha value is -3.23. The van der Waals surface area contributed by atoms with E-state index in [4.69, 9.17) is 21.1 Å². The van der Waals surface area contributed by atoms with Gasteiger partial charge in [0.25, 0.3) is 0 Å². The van der Waals surface area contributed by atoms with Crippen LogP contribution in [0.5, 0.6) is 11.5 Å². The Bertz CT molecular complexity index is 1170. The van der Waals surface area contributed by atoms with Crippen molar-refractivity contribution in [2.24, 2.45) is 0 Å². The Labute approximate surface area is 191 Å². The van der Waals surface area contributed by atoms with Gasteiger partial charge in [0.2, 0.25) is 0 Å². The molecule has 1 unspecified atom stereocenters. The average molecular weight is 457 g/mol. The van der Waals surface area contributed by atoms with Gasteiger partial charge in [-0.1, -0.05) is 17.7 Å². The number of nitrogens with zero attached hydrogens (tertiary/aromatic N) is 3. The number of aromatic nitrogens is 2. The Morgan fingerprint density at radius 3 is 2.56 bits per heavy atom. The van der Waals surface area contributed by atoms with Crippen LogP contribution in [0.15, 0.2) is 36.7 Å². The number of anilines is 2. The Morgan fingerprint density at radius 2 is 1.91 bits per heavy atom. The number of ketones is 1. The number of fused-ring (bicyclic) bond motifs is 1. The number of nitrogens with one attached hydrogen (secondary N) is 1. The van der Waals surface area contributed by atoms with Crippen molar-refractivity contribution in [1.29, 1.82) is 0 Å². The maximum absolute atomic E-state index is 11.8. The predicted molar refractivity (Wildman–Crippen MR) is 124 cm³/mol. The summed E-state index contributed by atoms with van der Waals surface area (Å²) in [4.78, 5) is 33.9. The molecule has 0 amide bonds. The fourth-order valence-electron chi connectivity index (χ4n) is 3.20. The van der Waals surface area contributed by atoms with Crippen molar-refractivity contribution >= 4 is 45.8 Å². The molecular weight excluding hydrogens is 432 g/mol. The van der Waals surface area contributed by atoms with Gasteiger partial charge in [0.1, 0.15) is 17.9 Å². The number of ether oxygens (including phenoxy) is 2. The number of methoxy groups -OCH3 is 1. The van der Waals surface area contributed by atoms with E-state index in [9.17, 15) is 9.59 Å². The molecule has 32 heavy (non-hydrogen) atoms. The fourth-order valence-corrected chi connectivity index (χ4v) is 3.38. The highest BCUT2D eigenvalue weighted by atomic mass is 35.5. The molecule has 3 aromatic rings. The van der Waals surface area contributed by atoms with E-state index in [1.54, 1.807) is 31.2 Å². The first kappa shape index (κ1) is 23.4. The lowest BCUT2D eigenvalue weighted by Crippen LogP contribution is -2.34. The van der Waals surface area contributed by atoms with Crippen LogP contribution in [-0.2, 0) is 16.1 Å². The maximum Gasteiger partial charge on any atom is 0.308 e. The minimum absolute atomic E-state index is 0.0877. The van der Waals surface area contributed by atoms with E-state index in [1.807, 2.05) is 24.9 Å². The number of esters is 1. The second-order valence-electron chi connectivity index (χ2n) is 7.46. The molecule has 0 aliphatic carbocycles. The Balaban J connectivity index is 2.03. The quantitative estimate of drug-likeness (QED) is 0.394. The maximum atomic E-state index is 11.8. The van der Waals surface area contributed by atoms with Crippen LogP contribution < -0.4 is 14.8 Å². The molecule has 1 heterocycles. The largest absolute Gasteiger partial charge is 0.493 e. The van der Waals surface area contributed by atoms with Crippen LogP contribution >= 0.6 is 11.6 Å². The molecule has 1 aromatic heterocycles. The summed E-state index contributed by atoms with van der Waals surface area (Å²) in [6.07, 6.45) is 1.43.